The van der Waals surface area contributed by atoms with Crippen LogP contribution in [-0.2, 0) is 14.8 Å². The van der Waals surface area contributed by atoms with Gasteiger partial charge in [0.05, 0.1) is 14.2 Å². The van der Waals surface area contributed by atoms with Crippen molar-refractivity contribution in [2.24, 2.45) is 0 Å². The first-order chi connectivity index (χ1) is 9.47. The summed E-state index contributed by atoms with van der Waals surface area (Å²) in [6, 6.07) is 1.23. The predicted octanol–water partition coefficient (Wildman–Crippen LogP) is 0.605. The quantitative estimate of drug-likeness (QED) is 0.751. The molecule has 2 N–H and O–H groups in total. The highest BCUT2D eigenvalue weighted by Gasteiger charge is 2.29. The van der Waals surface area contributed by atoms with E-state index in [1.54, 1.807) is 0 Å². The molecule has 1 atom stereocenters. The van der Waals surface area contributed by atoms with Crippen LogP contribution >= 0.6 is 23.7 Å². The van der Waals surface area contributed by atoms with E-state index < -0.39 is 16.0 Å². The monoisotopic (exact) mass is 356 g/mol. The molecule has 21 heavy (non-hydrogen) atoms. The highest BCUT2D eigenvalue weighted by atomic mass is 35.5. The maximum absolute atomic E-state index is 12.3. The number of carbonyl (C=O) groups excluding carboxylic acids is 1. The van der Waals surface area contributed by atoms with Crippen LogP contribution in [0.3, 0.4) is 0 Å². The third-order valence-electron chi connectivity index (χ3n) is 2.90. The Kier molecular flexibility index (Phi) is 6.41. The van der Waals surface area contributed by atoms with Crippen LogP contribution < -0.4 is 14.8 Å². The van der Waals surface area contributed by atoms with Crippen molar-refractivity contribution in [2.45, 2.75) is 16.7 Å². The first-order valence-electron chi connectivity index (χ1n) is 5.97. The molecule has 0 spiro atoms. The highest BCUT2D eigenvalue weighted by Crippen LogP contribution is 2.34. The van der Waals surface area contributed by atoms with Crippen molar-refractivity contribution in [2.75, 3.05) is 27.3 Å². The zero-order valence-electron chi connectivity index (χ0n) is 11.5. The van der Waals surface area contributed by atoms with Crippen molar-refractivity contribution >= 4 is 39.7 Å². The normalized spacial score (nSPS) is 18.1. The lowest BCUT2D eigenvalue weighted by Crippen LogP contribution is -2.35. The van der Waals surface area contributed by atoms with Gasteiger partial charge in [0.15, 0.2) is 9.96 Å². The molecule has 0 aromatic carbocycles. The maximum Gasteiger partial charge on any atom is 0.348 e. The average molecular weight is 357 g/mol. The molecule has 2 rings (SSSR count). The molecule has 1 unspecified atom stereocenters. The smallest absolute Gasteiger partial charge is 0.348 e. The Labute approximate surface area is 133 Å². The zero-order valence-corrected chi connectivity index (χ0v) is 14.0. The molecule has 2 heterocycles. The van der Waals surface area contributed by atoms with Gasteiger partial charge in [0.25, 0.3) is 10.0 Å². The molecule has 0 amide bonds. The number of hydrogen-bond acceptors (Lipinski definition) is 7. The third-order valence-corrected chi connectivity index (χ3v) is 6.03. The fourth-order valence-electron chi connectivity index (χ4n) is 1.92. The molecule has 7 nitrogen and oxygen atoms in total. The number of thiophene rings is 1. The molecule has 120 valence electrons. The van der Waals surface area contributed by atoms with Crippen molar-refractivity contribution in [3.63, 3.8) is 0 Å². The number of nitrogens with one attached hydrogen (secondary N) is 2. The van der Waals surface area contributed by atoms with E-state index in [-0.39, 0.29) is 33.3 Å². The standard InChI is InChI=1S/C11H16N2O5S2.ClH/c1-17-8-5-9(10(14)18-2)19-11(8)20(15,16)13-7-3-4-12-6-7;/h5,7,12-13H,3-4,6H2,1-2H3;1H. The van der Waals surface area contributed by atoms with Gasteiger partial charge < -0.3 is 14.8 Å². The van der Waals surface area contributed by atoms with Crippen LogP contribution in [-0.4, -0.2) is 47.7 Å². The second-order valence-electron chi connectivity index (χ2n) is 4.27. The molecule has 1 saturated heterocycles. The Morgan fingerprint density at radius 1 is 1.48 bits per heavy atom. The van der Waals surface area contributed by atoms with Crippen molar-refractivity contribution in [3.05, 3.63) is 10.9 Å². The van der Waals surface area contributed by atoms with Gasteiger partial charge in [-0.25, -0.2) is 17.9 Å². The summed E-state index contributed by atoms with van der Waals surface area (Å²) in [6.45, 7) is 1.37. The zero-order chi connectivity index (χ0) is 14.8. The summed E-state index contributed by atoms with van der Waals surface area (Å²) < 4.78 is 36.9. The Morgan fingerprint density at radius 2 is 2.19 bits per heavy atom. The fourth-order valence-corrected chi connectivity index (χ4v) is 4.70. The summed E-state index contributed by atoms with van der Waals surface area (Å²) in [6.07, 6.45) is 0.733. The van der Waals surface area contributed by atoms with E-state index in [4.69, 9.17) is 4.74 Å². The molecule has 0 aliphatic carbocycles. The van der Waals surface area contributed by atoms with Crippen molar-refractivity contribution in [3.8, 4) is 5.75 Å². The summed E-state index contributed by atoms with van der Waals surface area (Å²) in [5.74, 6) is -0.439. The van der Waals surface area contributed by atoms with Crippen LogP contribution in [0.1, 0.15) is 16.1 Å². The van der Waals surface area contributed by atoms with E-state index in [9.17, 15) is 13.2 Å². The maximum atomic E-state index is 12.3. The first kappa shape index (κ1) is 18.2. The van der Waals surface area contributed by atoms with E-state index in [1.807, 2.05) is 0 Å². The van der Waals surface area contributed by atoms with Crippen molar-refractivity contribution in [1.29, 1.82) is 0 Å². The van der Waals surface area contributed by atoms with Gasteiger partial charge in [-0.1, -0.05) is 0 Å². The molecule has 1 aliphatic heterocycles. The largest absolute Gasteiger partial charge is 0.494 e. The van der Waals surface area contributed by atoms with Crippen LogP contribution in [0.2, 0.25) is 0 Å². The van der Waals surface area contributed by atoms with Crippen LogP contribution in [0.15, 0.2) is 10.3 Å². The molecular weight excluding hydrogens is 340 g/mol. The van der Waals surface area contributed by atoms with Gasteiger partial charge in [-0.05, 0) is 13.0 Å². The van der Waals surface area contributed by atoms with Gasteiger partial charge in [-0.3, -0.25) is 0 Å². The van der Waals surface area contributed by atoms with E-state index in [1.165, 1.54) is 20.3 Å². The SMILES string of the molecule is COC(=O)c1cc(OC)c(S(=O)(=O)NC2CCNC2)s1.Cl. The minimum atomic E-state index is -3.71. The number of halogens is 1. The number of methoxy groups -OCH3 is 2. The number of rotatable bonds is 5. The summed E-state index contributed by atoms with van der Waals surface area (Å²) >= 11 is 0.837. The highest BCUT2D eigenvalue weighted by molar-refractivity contribution is 7.91. The van der Waals surface area contributed by atoms with Crippen LogP contribution in [0.4, 0.5) is 0 Å². The minimum Gasteiger partial charge on any atom is -0.494 e. The first-order valence-corrected chi connectivity index (χ1v) is 8.27. The fraction of sp³-hybridized carbons (Fsp3) is 0.545. The second-order valence-corrected chi connectivity index (χ2v) is 7.23. The van der Waals surface area contributed by atoms with E-state index in [0.29, 0.717) is 6.54 Å². The Morgan fingerprint density at radius 3 is 2.71 bits per heavy atom. The molecule has 1 aromatic heterocycles. The lowest BCUT2D eigenvalue weighted by molar-refractivity contribution is 0.0606. The van der Waals surface area contributed by atoms with E-state index >= 15 is 0 Å². The molecule has 0 bridgehead atoms. The number of carbonyl (C=O) groups is 1. The average Bonchev–Trinajstić information content (AvgIpc) is 3.05. The molecule has 1 aromatic rings. The number of ether oxygens (including phenoxy) is 2. The Hall–Kier alpha value is -0.870. The van der Waals surface area contributed by atoms with Crippen molar-refractivity contribution < 1.29 is 22.7 Å². The lowest BCUT2D eigenvalue weighted by atomic mass is 10.3. The minimum absolute atomic E-state index is 0. The number of esters is 1. The molecule has 0 radical (unpaired) electrons. The van der Waals surface area contributed by atoms with Gasteiger partial charge >= 0.3 is 5.97 Å². The van der Waals surface area contributed by atoms with Crippen LogP contribution in [0.5, 0.6) is 5.75 Å². The summed E-state index contributed by atoms with van der Waals surface area (Å²) in [7, 11) is -1.11. The van der Waals surface area contributed by atoms with Crippen LogP contribution in [0, 0.1) is 0 Å². The van der Waals surface area contributed by atoms with Gasteiger partial charge in [0.2, 0.25) is 0 Å². The molecule has 10 heteroatoms. The van der Waals surface area contributed by atoms with E-state index in [2.05, 4.69) is 14.8 Å². The Balaban J connectivity index is 0.00000220. The second kappa shape index (κ2) is 7.41. The van der Waals surface area contributed by atoms with Gasteiger partial charge in [-0.2, -0.15) is 0 Å². The molecule has 1 fully saturated rings. The number of sulfonamides is 1. The molecule has 1 aliphatic rings. The molecule has 0 saturated carbocycles. The molecular formula is C11H17ClN2O5S2. The number of hydrogen-bond donors (Lipinski definition) is 2. The van der Waals surface area contributed by atoms with E-state index in [0.717, 1.165) is 24.3 Å². The summed E-state index contributed by atoms with van der Waals surface area (Å²) in [4.78, 5) is 11.7. The topological polar surface area (TPSA) is 93.7 Å². The van der Waals surface area contributed by atoms with Gasteiger partial charge in [0.1, 0.15) is 4.88 Å². The predicted molar refractivity (Wildman–Crippen MR) is 81.1 cm³/mol. The van der Waals surface area contributed by atoms with Crippen LogP contribution in [0.25, 0.3) is 0 Å². The van der Waals surface area contributed by atoms with Gasteiger partial charge in [-0.15, -0.1) is 23.7 Å². The summed E-state index contributed by atoms with van der Waals surface area (Å²) in [5, 5.41) is 3.08. The van der Waals surface area contributed by atoms with Gasteiger partial charge in [0, 0.05) is 18.7 Å². The summed E-state index contributed by atoms with van der Waals surface area (Å²) in [5.41, 5.74) is 0. The third kappa shape index (κ3) is 4.07. The van der Waals surface area contributed by atoms with Crippen molar-refractivity contribution in [1.82, 2.24) is 10.0 Å². The lowest BCUT2D eigenvalue weighted by Gasteiger charge is -2.11. The Bertz CT molecular complexity index is 596.